The first-order valence-corrected chi connectivity index (χ1v) is 14.9. The number of rotatable bonds is 11. The number of nitrogens with zero attached hydrogens (tertiary/aromatic N) is 1. The van der Waals surface area contributed by atoms with E-state index < -0.39 is 25.7 Å². The van der Waals surface area contributed by atoms with Gasteiger partial charge in [-0.1, -0.05) is 112 Å². The molecular weight excluding hydrogens is 488 g/mol. The Balaban J connectivity index is 2.06. The molecule has 2 N–H and O–H groups in total. The zero-order chi connectivity index (χ0) is 27.8. The van der Waals surface area contributed by atoms with Crippen LogP contribution in [0.5, 0.6) is 0 Å². The van der Waals surface area contributed by atoms with E-state index in [0.29, 0.717) is 6.42 Å². The molecule has 0 unspecified atom stereocenters. The van der Waals surface area contributed by atoms with Crippen LogP contribution in [0.15, 0.2) is 114 Å². The highest BCUT2D eigenvalue weighted by molar-refractivity contribution is 6.99. The number of aromatic nitrogens is 1. The number of benzene rings is 2. The first-order valence-electron chi connectivity index (χ1n) is 13.0. The summed E-state index contributed by atoms with van der Waals surface area (Å²) in [6.07, 6.45) is 13.2. The second-order valence-corrected chi connectivity index (χ2v) is 15.4. The van der Waals surface area contributed by atoms with Gasteiger partial charge in [-0.15, -0.1) is 0 Å². The molecule has 3 rings (SSSR count). The van der Waals surface area contributed by atoms with Gasteiger partial charge in [-0.2, -0.15) is 0 Å². The first kappa shape index (κ1) is 29.1. The number of primary amides is 1. The highest BCUT2D eigenvalue weighted by Gasteiger charge is 2.54. The summed E-state index contributed by atoms with van der Waals surface area (Å²) in [5.74, 6) is 0.410. The number of carbonyl (C=O) groups excluding carboxylic acids is 1. The lowest BCUT2D eigenvalue weighted by molar-refractivity contribution is -0.129. The summed E-state index contributed by atoms with van der Waals surface area (Å²) in [5, 5.41) is 2.08. The summed E-state index contributed by atoms with van der Waals surface area (Å²) >= 11 is 0. The monoisotopic (exact) mass is 528 g/mol. The molecule has 1 amide bonds. The Hall–Kier alpha value is -3.48. The predicted molar refractivity (Wildman–Crippen MR) is 158 cm³/mol. The molecule has 0 aliphatic heterocycles. The molecule has 0 saturated heterocycles. The molecule has 1 heterocycles. The van der Waals surface area contributed by atoms with E-state index in [1.165, 1.54) is 6.39 Å². The number of amides is 1. The fraction of sp³-hybridized carbons (Fsp3) is 0.312. The van der Waals surface area contributed by atoms with Gasteiger partial charge in [0.2, 0.25) is 5.91 Å². The normalized spacial score (nSPS) is 14.3. The minimum absolute atomic E-state index is 0.235. The lowest BCUT2D eigenvalue weighted by Gasteiger charge is -2.48. The summed E-state index contributed by atoms with van der Waals surface area (Å²) in [6, 6.07) is 20.9. The lowest BCUT2D eigenvalue weighted by Crippen LogP contribution is -2.69. The Morgan fingerprint density at radius 2 is 1.55 bits per heavy atom. The molecule has 0 spiro atoms. The van der Waals surface area contributed by atoms with E-state index in [1.54, 1.807) is 6.20 Å². The van der Waals surface area contributed by atoms with Crippen molar-refractivity contribution in [2.45, 2.75) is 59.1 Å². The minimum Gasteiger partial charge on any atom is -0.448 e. The Morgan fingerprint density at radius 1 is 0.974 bits per heavy atom. The fourth-order valence-electron chi connectivity index (χ4n) is 4.77. The number of allylic oxidation sites excluding steroid dienone is 5. The number of carbonyl (C=O) groups is 1. The molecule has 3 aromatic rings. The topological polar surface area (TPSA) is 78.3 Å². The summed E-state index contributed by atoms with van der Waals surface area (Å²) in [6.45, 7) is 12.4. The summed E-state index contributed by atoms with van der Waals surface area (Å²) in [4.78, 5) is 16.7. The average Bonchev–Trinajstić information content (AvgIpc) is 3.40. The third-order valence-corrected chi connectivity index (χ3v) is 11.9. The van der Waals surface area contributed by atoms with Gasteiger partial charge < -0.3 is 14.6 Å². The van der Waals surface area contributed by atoms with Gasteiger partial charge in [-0.05, 0) is 41.8 Å². The summed E-state index contributed by atoms with van der Waals surface area (Å²) < 4.78 is 12.6. The number of oxazole rings is 1. The van der Waals surface area contributed by atoms with Crippen molar-refractivity contribution >= 4 is 24.6 Å². The van der Waals surface area contributed by atoms with E-state index in [9.17, 15) is 4.79 Å². The number of hydrogen-bond acceptors (Lipinski definition) is 4. The molecular formula is C32H40N2O3Si. The zero-order valence-electron chi connectivity index (χ0n) is 23.3. The molecule has 0 saturated carbocycles. The number of hydrogen-bond donors (Lipinski definition) is 1. The summed E-state index contributed by atoms with van der Waals surface area (Å²) in [5.41, 5.74) is 5.97. The fourth-order valence-corrected chi connectivity index (χ4v) is 9.62. The molecule has 0 aliphatic rings. The van der Waals surface area contributed by atoms with Crippen LogP contribution in [-0.2, 0) is 15.6 Å². The third kappa shape index (κ3) is 6.50. The molecule has 2 aromatic carbocycles. The van der Waals surface area contributed by atoms with Crippen LogP contribution in [0.4, 0.5) is 0 Å². The van der Waals surface area contributed by atoms with Crippen molar-refractivity contribution in [3.05, 3.63) is 115 Å². The molecule has 0 bridgehead atoms. The molecule has 6 heteroatoms. The molecule has 1 aromatic heterocycles. The molecule has 200 valence electrons. The van der Waals surface area contributed by atoms with E-state index in [4.69, 9.17) is 14.6 Å². The van der Waals surface area contributed by atoms with Gasteiger partial charge in [0.15, 0.2) is 6.39 Å². The maximum Gasteiger partial charge on any atom is 0.261 e. The van der Waals surface area contributed by atoms with Crippen molar-refractivity contribution in [1.29, 1.82) is 0 Å². The van der Waals surface area contributed by atoms with E-state index in [0.717, 1.165) is 21.7 Å². The second kappa shape index (κ2) is 12.4. The Morgan fingerprint density at radius 3 is 2.03 bits per heavy atom. The summed E-state index contributed by atoms with van der Waals surface area (Å²) in [7, 11) is -2.92. The Kier molecular flexibility index (Phi) is 9.47. The van der Waals surface area contributed by atoms with Crippen molar-refractivity contribution in [1.82, 2.24) is 4.98 Å². The average molecular weight is 529 g/mol. The van der Waals surface area contributed by atoms with Crippen LogP contribution in [0, 0.1) is 5.41 Å². The molecule has 38 heavy (non-hydrogen) atoms. The third-order valence-electron chi connectivity index (χ3n) is 6.94. The van der Waals surface area contributed by atoms with Gasteiger partial charge in [-0.3, -0.25) is 4.79 Å². The van der Waals surface area contributed by atoms with E-state index in [2.05, 4.69) is 74.3 Å². The zero-order valence-corrected chi connectivity index (χ0v) is 24.3. The Bertz CT molecular complexity index is 1220. The van der Waals surface area contributed by atoms with Gasteiger partial charge >= 0.3 is 0 Å². The van der Waals surface area contributed by atoms with Crippen molar-refractivity contribution in [3.63, 3.8) is 0 Å². The lowest BCUT2D eigenvalue weighted by atomic mass is 9.82. The van der Waals surface area contributed by atoms with E-state index in [1.807, 2.05) is 63.3 Å². The van der Waals surface area contributed by atoms with Crippen molar-refractivity contribution < 1.29 is 13.6 Å². The van der Waals surface area contributed by atoms with Crippen LogP contribution < -0.4 is 16.1 Å². The van der Waals surface area contributed by atoms with Crippen LogP contribution in [0.1, 0.15) is 47.3 Å². The SMILES string of the molecule is C/C(=C/C=C\C=C\Cc1cnco1)[C@@H](O[Si](c1ccccc1)(c1ccccc1)C(C)(C)C)C(C)(C)C(N)=O. The van der Waals surface area contributed by atoms with Crippen molar-refractivity contribution in [3.8, 4) is 0 Å². The molecule has 0 fully saturated rings. The van der Waals surface area contributed by atoms with Crippen LogP contribution >= 0.6 is 0 Å². The van der Waals surface area contributed by atoms with Gasteiger partial charge in [0.05, 0.1) is 17.7 Å². The van der Waals surface area contributed by atoms with Crippen molar-refractivity contribution in [2.75, 3.05) is 0 Å². The molecule has 0 aliphatic carbocycles. The minimum atomic E-state index is -2.92. The Labute approximate surface area is 228 Å². The highest BCUT2D eigenvalue weighted by Crippen LogP contribution is 2.41. The largest absolute Gasteiger partial charge is 0.448 e. The van der Waals surface area contributed by atoms with Crippen LogP contribution in [0.2, 0.25) is 5.04 Å². The smallest absolute Gasteiger partial charge is 0.261 e. The molecule has 5 nitrogen and oxygen atoms in total. The number of nitrogens with two attached hydrogens (primary N) is 1. The van der Waals surface area contributed by atoms with Crippen molar-refractivity contribution in [2.24, 2.45) is 11.1 Å². The second-order valence-electron chi connectivity index (χ2n) is 11.1. The maximum absolute atomic E-state index is 12.8. The standard InChI is InChI=1S/C32H40N2O3Si/c1-25(17-11-7-8-12-18-26-23-34-24-36-26)29(32(5,6)30(33)35)37-38(31(2,3)4,27-19-13-9-14-20-27)28-21-15-10-16-22-28/h7-17,19-24,29H,18H2,1-6H3,(H2,33,35)/b11-7-,12-8+,25-17-/t29-/m1/s1. The van der Waals surface area contributed by atoms with Crippen LogP contribution in [0.3, 0.4) is 0 Å². The van der Waals surface area contributed by atoms with E-state index in [-0.39, 0.29) is 5.04 Å². The highest BCUT2D eigenvalue weighted by atomic mass is 28.4. The van der Waals surface area contributed by atoms with Gasteiger partial charge in [0.25, 0.3) is 8.32 Å². The quantitative estimate of drug-likeness (QED) is 0.255. The van der Waals surface area contributed by atoms with E-state index >= 15 is 0 Å². The van der Waals surface area contributed by atoms with Gasteiger partial charge in [0.1, 0.15) is 5.76 Å². The predicted octanol–water partition coefficient (Wildman–Crippen LogP) is 5.73. The van der Waals surface area contributed by atoms with Crippen LogP contribution in [-0.4, -0.2) is 25.3 Å². The maximum atomic E-state index is 12.8. The van der Waals surface area contributed by atoms with Crippen LogP contribution in [0.25, 0.3) is 0 Å². The molecule has 0 radical (unpaired) electrons. The molecule has 1 atom stereocenters. The van der Waals surface area contributed by atoms with Gasteiger partial charge in [-0.25, -0.2) is 4.98 Å². The van der Waals surface area contributed by atoms with Gasteiger partial charge in [0, 0.05) is 6.42 Å². The first-order chi connectivity index (χ1) is 18.0.